The first-order valence-electron chi connectivity index (χ1n) is 8.18. The Balaban J connectivity index is 1.75. The fourth-order valence-corrected chi connectivity index (χ4v) is 2.31. The van der Waals surface area contributed by atoms with Crippen molar-refractivity contribution < 1.29 is 14.3 Å². The number of esters is 1. The lowest BCUT2D eigenvalue weighted by molar-refractivity contribution is -0.124. The van der Waals surface area contributed by atoms with Gasteiger partial charge in [0.15, 0.2) is 6.61 Å². The molecule has 0 saturated heterocycles. The summed E-state index contributed by atoms with van der Waals surface area (Å²) < 4.78 is 5.05. The van der Waals surface area contributed by atoms with Crippen LogP contribution in [-0.2, 0) is 16.0 Å². The molecule has 0 heterocycles. The van der Waals surface area contributed by atoms with Gasteiger partial charge in [0.1, 0.15) is 0 Å². The molecule has 4 nitrogen and oxygen atoms in total. The average Bonchev–Trinajstić information content (AvgIpc) is 2.64. The zero-order chi connectivity index (χ0) is 17.4. The topological polar surface area (TPSA) is 55.4 Å². The molecule has 0 aliphatic rings. The van der Waals surface area contributed by atoms with Gasteiger partial charge in [-0.05, 0) is 35.6 Å². The van der Waals surface area contributed by atoms with Crippen molar-refractivity contribution in [2.24, 2.45) is 0 Å². The second kappa shape index (κ2) is 8.87. The zero-order valence-corrected chi connectivity index (χ0v) is 14.1. The molecular formula is C20H23NO3. The van der Waals surface area contributed by atoms with Gasteiger partial charge in [-0.25, -0.2) is 4.79 Å². The van der Waals surface area contributed by atoms with Crippen molar-refractivity contribution in [2.45, 2.75) is 26.2 Å². The Bertz CT molecular complexity index is 665. The largest absolute Gasteiger partial charge is 0.452 e. The molecule has 2 aromatic carbocycles. The van der Waals surface area contributed by atoms with Crippen LogP contribution in [0.3, 0.4) is 0 Å². The van der Waals surface area contributed by atoms with Gasteiger partial charge >= 0.3 is 5.97 Å². The van der Waals surface area contributed by atoms with Crippen molar-refractivity contribution in [1.29, 1.82) is 0 Å². The number of hydrogen-bond donors (Lipinski definition) is 1. The zero-order valence-electron chi connectivity index (χ0n) is 14.1. The van der Waals surface area contributed by atoms with E-state index in [-0.39, 0.29) is 18.4 Å². The highest BCUT2D eigenvalue weighted by Gasteiger charge is 2.11. The number of aryl methyl sites for hydroxylation is 1. The fourth-order valence-electron chi connectivity index (χ4n) is 2.31. The summed E-state index contributed by atoms with van der Waals surface area (Å²) in [5, 5.41) is 2.79. The number of carbonyl (C=O) groups excluding carboxylic acids is 2. The van der Waals surface area contributed by atoms with Gasteiger partial charge in [-0.3, -0.25) is 4.79 Å². The molecule has 0 fully saturated rings. The van der Waals surface area contributed by atoms with E-state index in [4.69, 9.17) is 4.74 Å². The Hall–Kier alpha value is -2.62. The number of nitrogens with one attached hydrogen (secondary N) is 1. The minimum atomic E-state index is -0.482. The Morgan fingerprint density at radius 2 is 1.71 bits per heavy atom. The normalized spacial score (nSPS) is 11.6. The second-order valence-electron chi connectivity index (χ2n) is 5.74. The van der Waals surface area contributed by atoms with Crippen LogP contribution >= 0.6 is 0 Å². The van der Waals surface area contributed by atoms with E-state index in [2.05, 4.69) is 5.32 Å². The molecule has 1 N–H and O–H groups in total. The lowest BCUT2D eigenvalue weighted by Crippen LogP contribution is -2.31. The van der Waals surface area contributed by atoms with Crippen LogP contribution in [0.25, 0.3) is 0 Å². The third-order valence-corrected chi connectivity index (χ3v) is 3.91. The Labute approximate surface area is 142 Å². The summed E-state index contributed by atoms with van der Waals surface area (Å²) in [7, 11) is 0. The molecule has 0 bridgehead atoms. The summed E-state index contributed by atoms with van der Waals surface area (Å²) >= 11 is 0. The van der Waals surface area contributed by atoms with E-state index in [1.807, 2.05) is 56.3 Å². The number of carbonyl (C=O) groups is 2. The molecule has 0 aromatic heterocycles. The summed E-state index contributed by atoms with van der Waals surface area (Å²) in [6.07, 6.45) is 0.914. The van der Waals surface area contributed by atoms with Crippen LogP contribution in [0.5, 0.6) is 0 Å². The lowest BCUT2D eigenvalue weighted by Gasteiger charge is -2.13. The third-order valence-electron chi connectivity index (χ3n) is 3.91. The minimum Gasteiger partial charge on any atom is -0.452 e. The van der Waals surface area contributed by atoms with E-state index in [9.17, 15) is 9.59 Å². The molecule has 2 rings (SSSR count). The Kier molecular flexibility index (Phi) is 6.55. The van der Waals surface area contributed by atoms with Crippen LogP contribution in [0, 0.1) is 0 Å². The molecule has 24 heavy (non-hydrogen) atoms. The van der Waals surface area contributed by atoms with E-state index < -0.39 is 5.97 Å². The summed E-state index contributed by atoms with van der Waals surface area (Å²) in [4.78, 5) is 23.7. The molecule has 0 radical (unpaired) electrons. The molecule has 0 saturated carbocycles. The van der Waals surface area contributed by atoms with Gasteiger partial charge in [0, 0.05) is 6.54 Å². The molecule has 1 atom stereocenters. The van der Waals surface area contributed by atoms with Crippen molar-refractivity contribution in [1.82, 2.24) is 5.32 Å². The van der Waals surface area contributed by atoms with E-state index in [1.165, 1.54) is 0 Å². The van der Waals surface area contributed by atoms with Crippen LogP contribution < -0.4 is 5.32 Å². The lowest BCUT2D eigenvalue weighted by atomic mass is 10.0. The molecule has 126 valence electrons. The van der Waals surface area contributed by atoms with Crippen LogP contribution in [0.4, 0.5) is 0 Å². The first kappa shape index (κ1) is 17.7. The Morgan fingerprint density at radius 1 is 1.04 bits per heavy atom. The summed E-state index contributed by atoms with van der Waals surface area (Å²) in [5.41, 5.74) is 2.77. The van der Waals surface area contributed by atoms with Crippen molar-refractivity contribution in [3.05, 3.63) is 71.3 Å². The number of benzene rings is 2. The molecule has 1 amide bonds. The van der Waals surface area contributed by atoms with Gasteiger partial charge in [0.25, 0.3) is 5.91 Å². The SMILES string of the molecule is CCc1ccc(C(=O)OCC(=O)NCC(C)c2ccccc2)cc1. The predicted octanol–water partition coefficient (Wildman–Crippen LogP) is 3.33. The number of hydrogen-bond acceptors (Lipinski definition) is 3. The number of ether oxygens (including phenoxy) is 1. The molecular weight excluding hydrogens is 302 g/mol. The van der Waals surface area contributed by atoms with E-state index in [0.717, 1.165) is 17.5 Å². The van der Waals surface area contributed by atoms with Crippen molar-refractivity contribution in [3.63, 3.8) is 0 Å². The summed E-state index contributed by atoms with van der Waals surface area (Å²) in [5.74, 6) is -0.576. The van der Waals surface area contributed by atoms with Crippen molar-refractivity contribution >= 4 is 11.9 Å². The molecule has 4 heteroatoms. The van der Waals surface area contributed by atoms with Gasteiger partial charge < -0.3 is 10.1 Å². The number of amides is 1. The monoisotopic (exact) mass is 325 g/mol. The van der Waals surface area contributed by atoms with Gasteiger partial charge in [0.05, 0.1) is 5.56 Å². The maximum atomic E-state index is 11.9. The van der Waals surface area contributed by atoms with Crippen molar-refractivity contribution in [3.8, 4) is 0 Å². The fraction of sp³-hybridized carbons (Fsp3) is 0.300. The van der Waals surface area contributed by atoms with Crippen molar-refractivity contribution in [2.75, 3.05) is 13.2 Å². The van der Waals surface area contributed by atoms with Crippen LogP contribution in [-0.4, -0.2) is 25.0 Å². The summed E-state index contributed by atoms with van der Waals surface area (Å²) in [6, 6.07) is 17.2. The second-order valence-corrected chi connectivity index (χ2v) is 5.74. The van der Waals surface area contributed by atoms with Gasteiger partial charge in [-0.2, -0.15) is 0 Å². The molecule has 2 aromatic rings. The first-order valence-corrected chi connectivity index (χ1v) is 8.18. The first-order chi connectivity index (χ1) is 11.6. The Morgan fingerprint density at radius 3 is 2.33 bits per heavy atom. The highest BCUT2D eigenvalue weighted by molar-refractivity contribution is 5.91. The van der Waals surface area contributed by atoms with E-state index in [1.54, 1.807) is 12.1 Å². The molecule has 0 aliphatic heterocycles. The molecule has 1 unspecified atom stereocenters. The average molecular weight is 325 g/mol. The van der Waals surface area contributed by atoms with Gasteiger partial charge in [-0.15, -0.1) is 0 Å². The highest BCUT2D eigenvalue weighted by Crippen LogP contribution is 2.13. The molecule has 0 spiro atoms. The van der Waals surface area contributed by atoms with E-state index >= 15 is 0 Å². The quantitative estimate of drug-likeness (QED) is 0.795. The van der Waals surface area contributed by atoms with Crippen LogP contribution in [0.1, 0.15) is 41.3 Å². The number of rotatable bonds is 7. The third kappa shape index (κ3) is 5.23. The van der Waals surface area contributed by atoms with Crippen LogP contribution in [0.15, 0.2) is 54.6 Å². The van der Waals surface area contributed by atoms with E-state index in [0.29, 0.717) is 12.1 Å². The smallest absolute Gasteiger partial charge is 0.338 e. The van der Waals surface area contributed by atoms with Crippen LogP contribution in [0.2, 0.25) is 0 Å². The maximum absolute atomic E-state index is 11.9. The molecule has 0 aliphatic carbocycles. The van der Waals surface area contributed by atoms with Gasteiger partial charge in [0.2, 0.25) is 0 Å². The minimum absolute atomic E-state index is 0.201. The maximum Gasteiger partial charge on any atom is 0.338 e. The van der Waals surface area contributed by atoms with Gasteiger partial charge in [-0.1, -0.05) is 56.3 Å². The standard InChI is InChI=1S/C20H23NO3/c1-3-16-9-11-18(12-10-16)20(23)24-14-19(22)21-13-15(2)17-7-5-4-6-8-17/h4-12,15H,3,13-14H2,1-2H3,(H,21,22). The highest BCUT2D eigenvalue weighted by atomic mass is 16.5. The summed E-state index contributed by atoms with van der Waals surface area (Å²) in [6.45, 7) is 4.33. The predicted molar refractivity (Wildman–Crippen MR) is 94.0 cm³/mol.